The van der Waals surface area contributed by atoms with Crippen LogP contribution in [0.5, 0.6) is 11.5 Å². The van der Waals surface area contributed by atoms with Crippen molar-refractivity contribution in [2.24, 2.45) is 23.2 Å². The Labute approximate surface area is 252 Å². The quantitative estimate of drug-likeness (QED) is 0.398. The average Bonchev–Trinajstić information content (AvgIpc) is 2.95. The number of halogens is 1. The van der Waals surface area contributed by atoms with E-state index < -0.39 is 5.97 Å². The first-order valence-electron chi connectivity index (χ1n) is 15.2. The van der Waals surface area contributed by atoms with E-state index in [1.54, 1.807) is 30.3 Å². The molecule has 2 aromatic rings. The monoisotopic (exact) mass is 593 g/mol. The summed E-state index contributed by atoms with van der Waals surface area (Å²) in [5, 5.41) is 3.51. The summed E-state index contributed by atoms with van der Waals surface area (Å²) in [7, 11) is 1.34. The number of carbonyl (C=O) groups is 3. The van der Waals surface area contributed by atoms with E-state index in [1.165, 1.54) is 45.6 Å². The maximum absolute atomic E-state index is 12.9. The van der Waals surface area contributed by atoms with Crippen molar-refractivity contribution in [3.05, 3.63) is 58.6 Å². The molecular weight excluding hydrogens is 554 g/mol. The van der Waals surface area contributed by atoms with Crippen LogP contribution in [0, 0.1) is 23.2 Å². The van der Waals surface area contributed by atoms with E-state index in [9.17, 15) is 14.4 Å². The Kier molecular flexibility index (Phi) is 8.46. The van der Waals surface area contributed by atoms with E-state index in [2.05, 4.69) is 10.2 Å². The number of amides is 2. The van der Waals surface area contributed by atoms with Crippen LogP contribution in [0.3, 0.4) is 0 Å². The van der Waals surface area contributed by atoms with Gasteiger partial charge in [-0.2, -0.15) is 0 Å². The number of nitrogens with zero attached hydrogens (tertiary/aromatic N) is 2. The van der Waals surface area contributed by atoms with Crippen molar-refractivity contribution >= 4 is 29.4 Å². The lowest BCUT2D eigenvalue weighted by Gasteiger charge is -2.56. The number of carbonyl (C=O) groups excluding carboxylic acids is 3. The number of hydrogen-bond acceptors (Lipinski definition) is 6. The summed E-state index contributed by atoms with van der Waals surface area (Å²) in [5.41, 5.74) is 1.59. The second-order valence-corrected chi connectivity index (χ2v) is 13.4. The molecule has 1 aliphatic heterocycles. The molecule has 5 aliphatic rings. The molecule has 1 N–H and O–H groups in total. The summed E-state index contributed by atoms with van der Waals surface area (Å²) in [6, 6.07) is 12.4. The maximum Gasteiger partial charge on any atom is 0.337 e. The van der Waals surface area contributed by atoms with Gasteiger partial charge in [-0.25, -0.2) is 4.79 Å². The van der Waals surface area contributed by atoms with Crippen molar-refractivity contribution in [1.82, 2.24) is 15.1 Å². The molecule has 1 heterocycles. The van der Waals surface area contributed by atoms with Crippen LogP contribution in [0.4, 0.5) is 0 Å². The van der Waals surface area contributed by atoms with Crippen molar-refractivity contribution in [1.29, 1.82) is 0 Å². The summed E-state index contributed by atoms with van der Waals surface area (Å²) in [6.45, 7) is 3.45. The summed E-state index contributed by atoms with van der Waals surface area (Å²) in [4.78, 5) is 41.8. The highest BCUT2D eigenvalue weighted by Crippen LogP contribution is 2.61. The van der Waals surface area contributed by atoms with E-state index in [0.717, 1.165) is 36.4 Å². The number of esters is 1. The van der Waals surface area contributed by atoms with E-state index in [0.29, 0.717) is 48.1 Å². The fourth-order valence-electron chi connectivity index (χ4n) is 8.32. The molecule has 4 saturated carbocycles. The highest BCUT2D eigenvalue weighted by Gasteiger charge is 2.51. The van der Waals surface area contributed by atoms with Gasteiger partial charge in [0.25, 0.3) is 0 Å². The first-order chi connectivity index (χ1) is 20.3. The van der Waals surface area contributed by atoms with Crippen LogP contribution in [0.15, 0.2) is 42.5 Å². The SMILES string of the molecule is COC(=O)c1cccc(Oc2cc(Cl)cc(CN3CCN(C(=O)CNC(=O)CC45CC6CC(CC(C6)C4)C5)CC3)c2)c1. The van der Waals surface area contributed by atoms with E-state index >= 15 is 0 Å². The second kappa shape index (κ2) is 12.3. The predicted octanol–water partition coefficient (Wildman–Crippen LogP) is 5.29. The summed E-state index contributed by atoms with van der Waals surface area (Å²) < 4.78 is 10.8. The lowest BCUT2D eigenvalue weighted by molar-refractivity contribution is -0.136. The van der Waals surface area contributed by atoms with Gasteiger partial charge in [0.2, 0.25) is 11.8 Å². The Hall–Kier alpha value is -3.10. The van der Waals surface area contributed by atoms with Crippen LogP contribution >= 0.6 is 11.6 Å². The molecule has 0 radical (unpaired) electrons. The predicted molar refractivity (Wildman–Crippen MR) is 159 cm³/mol. The fourth-order valence-corrected chi connectivity index (χ4v) is 8.57. The number of methoxy groups -OCH3 is 1. The van der Waals surface area contributed by atoms with Crippen LogP contribution in [0.25, 0.3) is 0 Å². The van der Waals surface area contributed by atoms with Gasteiger partial charge in [0, 0.05) is 44.2 Å². The second-order valence-electron chi connectivity index (χ2n) is 12.9. The summed E-state index contributed by atoms with van der Waals surface area (Å²) in [6.07, 6.45) is 8.28. The first kappa shape index (κ1) is 29.0. The zero-order chi connectivity index (χ0) is 29.3. The molecule has 9 heteroatoms. The minimum Gasteiger partial charge on any atom is -0.465 e. The smallest absolute Gasteiger partial charge is 0.337 e. The molecule has 4 bridgehead atoms. The Bertz CT molecular complexity index is 1300. The number of hydrogen-bond donors (Lipinski definition) is 1. The van der Waals surface area contributed by atoms with Gasteiger partial charge in [-0.1, -0.05) is 17.7 Å². The van der Waals surface area contributed by atoms with Crippen LogP contribution in [-0.2, 0) is 20.9 Å². The fraction of sp³-hybridized carbons (Fsp3) is 0.545. The third kappa shape index (κ3) is 6.76. The van der Waals surface area contributed by atoms with E-state index in [4.69, 9.17) is 21.1 Å². The molecule has 0 spiro atoms. The highest BCUT2D eigenvalue weighted by atomic mass is 35.5. The Morgan fingerprint density at radius 2 is 1.62 bits per heavy atom. The van der Waals surface area contributed by atoms with Crippen LogP contribution in [0.1, 0.15) is 60.9 Å². The molecule has 2 aromatic carbocycles. The van der Waals surface area contributed by atoms with Crippen molar-refractivity contribution in [3.63, 3.8) is 0 Å². The molecule has 8 nitrogen and oxygen atoms in total. The van der Waals surface area contributed by atoms with E-state index in [-0.39, 0.29) is 23.8 Å². The van der Waals surface area contributed by atoms with Crippen LogP contribution in [0.2, 0.25) is 5.02 Å². The Morgan fingerprint density at radius 3 is 2.29 bits per heavy atom. The number of ether oxygens (including phenoxy) is 2. The molecule has 0 atom stereocenters. The summed E-state index contributed by atoms with van der Waals surface area (Å²) in [5.74, 6) is 3.15. The number of rotatable bonds is 9. The molecule has 0 unspecified atom stereocenters. The van der Waals surface area contributed by atoms with Crippen molar-refractivity contribution < 1.29 is 23.9 Å². The van der Waals surface area contributed by atoms with Crippen molar-refractivity contribution in [3.8, 4) is 11.5 Å². The third-order valence-electron chi connectivity index (χ3n) is 9.69. The molecule has 224 valence electrons. The molecule has 4 aliphatic carbocycles. The Balaban J connectivity index is 0.961. The van der Waals surface area contributed by atoms with Gasteiger partial charge in [0.15, 0.2) is 0 Å². The van der Waals surface area contributed by atoms with Crippen LogP contribution in [-0.4, -0.2) is 67.4 Å². The minimum absolute atomic E-state index is 0.0128. The largest absolute Gasteiger partial charge is 0.465 e. The summed E-state index contributed by atoms with van der Waals surface area (Å²) >= 11 is 6.40. The molecule has 0 aromatic heterocycles. The number of nitrogens with one attached hydrogen (secondary N) is 1. The molecule has 1 saturated heterocycles. The van der Waals surface area contributed by atoms with Gasteiger partial charge in [-0.3, -0.25) is 14.5 Å². The average molecular weight is 594 g/mol. The third-order valence-corrected chi connectivity index (χ3v) is 9.91. The topological polar surface area (TPSA) is 88.2 Å². The van der Waals surface area contributed by atoms with Crippen LogP contribution < -0.4 is 10.1 Å². The minimum atomic E-state index is -0.426. The zero-order valence-corrected chi connectivity index (χ0v) is 25.0. The van der Waals surface area contributed by atoms with Gasteiger partial charge in [-0.15, -0.1) is 0 Å². The molecule has 5 fully saturated rings. The lowest BCUT2D eigenvalue weighted by atomic mass is 9.49. The number of piperazine rings is 1. The standard InChI is InChI=1S/C33H40ClN3O5/c1-41-32(40)26-3-2-4-28(14-26)42-29-13-25(12-27(34)15-29)21-36-5-7-37(8-6-36)31(39)20-35-30(38)19-33-16-22-9-23(17-33)11-24(10-22)18-33/h2-4,12-15,22-24H,5-11,16-21H2,1H3,(H,35,38). The first-order valence-corrected chi connectivity index (χ1v) is 15.6. The highest BCUT2D eigenvalue weighted by molar-refractivity contribution is 6.30. The van der Waals surface area contributed by atoms with Crippen molar-refractivity contribution in [2.75, 3.05) is 39.8 Å². The van der Waals surface area contributed by atoms with E-state index in [1.807, 2.05) is 17.0 Å². The lowest BCUT2D eigenvalue weighted by Crippen LogP contribution is -2.51. The normalized spacial score (nSPS) is 26.6. The molecular formula is C33H40ClN3O5. The zero-order valence-electron chi connectivity index (χ0n) is 24.3. The van der Waals surface area contributed by atoms with Gasteiger partial charge >= 0.3 is 5.97 Å². The molecule has 42 heavy (non-hydrogen) atoms. The Morgan fingerprint density at radius 1 is 0.929 bits per heavy atom. The van der Waals surface area contributed by atoms with Gasteiger partial charge in [0.1, 0.15) is 11.5 Å². The van der Waals surface area contributed by atoms with Crippen molar-refractivity contribution in [2.45, 2.75) is 51.5 Å². The maximum atomic E-state index is 12.9. The van der Waals surface area contributed by atoms with Gasteiger partial charge in [0.05, 0.1) is 19.2 Å². The molecule has 7 rings (SSSR count). The van der Waals surface area contributed by atoms with Gasteiger partial charge < -0.3 is 19.7 Å². The molecule has 2 amide bonds. The number of benzene rings is 2. The van der Waals surface area contributed by atoms with Gasteiger partial charge in [-0.05, 0) is 104 Å².